The van der Waals surface area contributed by atoms with Gasteiger partial charge in [0.05, 0.1) is 13.2 Å². The summed E-state index contributed by atoms with van der Waals surface area (Å²) in [6.45, 7) is 11.0. The second-order valence-corrected chi connectivity index (χ2v) is 4.70. The highest BCUT2D eigenvalue weighted by atomic mass is 31.2. The Balaban J connectivity index is 4.15. The first-order valence-electron chi connectivity index (χ1n) is 4.36. The third-order valence-electron chi connectivity index (χ3n) is 1.42. The minimum absolute atomic E-state index is 0.225. The fourth-order valence-corrected chi connectivity index (χ4v) is 1.72. The lowest BCUT2D eigenvalue weighted by Gasteiger charge is -2.12. The molecule has 0 aliphatic rings. The summed E-state index contributed by atoms with van der Waals surface area (Å²) in [5, 5.41) is 0. The van der Waals surface area contributed by atoms with Crippen LogP contribution in [0.5, 0.6) is 0 Å². The SMILES string of the molecule is C=C/C=C(\C=C)COP(C)(=O)OCC. The van der Waals surface area contributed by atoms with Crippen LogP contribution in [0.2, 0.25) is 0 Å². The summed E-state index contributed by atoms with van der Waals surface area (Å²) in [7, 11) is -2.91. The fraction of sp³-hybridized carbons (Fsp3) is 0.400. The molecule has 0 aromatic heterocycles. The summed E-state index contributed by atoms with van der Waals surface area (Å²) in [5.41, 5.74) is 0.821. The Bertz CT molecular complexity index is 269. The van der Waals surface area contributed by atoms with E-state index in [9.17, 15) is 4.57 Å². The average Bonchev–Trinajstić information content (AvgIpc) is 2.12. The van der Waals surface area contributed by atoms with Gasteiger partial charge < -0.3 is 9.05 Å². The first kappa shape index (κ1) is 13.4. The molecule has 0 aliphatic carbocycles. The zero-order valence-electron chi connectivity index (χ0n) is 8.73. The Morgan fingerprint density at radius 2 is 2.07 bits per heavy atom. The van der Waals surface area contributed by atoms with Gasteiger partial charge in [-0.3, -0.25) is 4.57 Å². The van der Waals surface area contributed by atoms with Gasteiger partial charge in [0.15, 0.2) is 0 Å². The Labute approximate surface area is 85.6 Å². The van der Waals surface area contributed by atoms with Crippen molar-refractivity contribution in [1.29, 1.82) is 0 Å². The van der Waals surface area contributed by atoms with Crippen molar-refractivity contribution < 1.29 is 13.6 Å². The Hall–Kier alpha value is -0.630. The molecule has 0 rings (SSSR count). The molecule has 1 unspecified atom stereocenters. The maximum Gasteiger partial charge on any atom is 0.327 e. The molecule has 4 heteroatoms. The summed E-state index contributed by atoms with van der Waals surface area (Å²) in [4.78, 5) is 0. The number of rotatable bonds is 7. The van der Waals surface area contributed by atoms with E-state index in [0.29, 0.717) is 6.61 Å². The average molecular weight is 216 g/mol. The molecule has 0 fully saturated rings. The largest absolute Gasteiger partial charge is 0.327 e. The summed E-state index contributed by atoms with van der Waals surface area (Å²) in [6.07, 6.45) is 5.01. The van der Waals surface area contributed by atoms with Gasteiger partial charge in [-0.15, -0.1) is 0 Å². The molecule has 0 amide bonds. The zero-order valence-corrected chi connectivity index (χ0v) is 9.63. The van der Waals surface area contributed by atoms with Crippen molar-refractivity contribution in [2.45, 2.75) is 6.92 Å². The van der Waals surface area contributed by atoms with E-state index in [1.54, 1.807) is 25.2 Å². The first-order chi connectivity index (χ1) is 6.55. The van der Waals surface area contributed by atoms with Crippen molar-refractivity contribution in [2.24, 2.45) is 0 Å². The Kier molecular flexibility index (Phi) is 6.46. The van der Waals surface area contributed by atoms with Gasteiger partial charge in [-0.1, -0.05) is 31.4 Å². The van der Waals surface area contributed by atoms with E-state index >= 15 is 0 Å². The van der Waals surface area contributed by atoms with E-state index in [4.69, 9.17) is 9.05 Å². The fourth-order valence-electron chi connectivity index (χ4n) is 0.790. The molecule has 0 saturated carbocycles. The van der Waals surface area contributed by atoms with Crippen LogP contribution >= 0.6 is 7.60 Å². The van der Waals surface area contributed by atoms with Gasteiger partial charge in [0, 0.05) is 6.66 Å². The van der Waals surface area contributed by atoms with Crippen LogP contribution in [-0.2, 0) is 13.6 Å². The molecule has 3 nitrogen and oxygen atoms in total. The van der Waals surface area contributed by atoms with Crippen molar-refractivity contribution in [3.8, 4) is 0 Å². The summed E-state index contributed by atoms with van der Waals surface area (Å²) in [5.74, 6) is 0. The highest BCUT2D eigenvalue weighted by Crippen LogP contribution is 2.43. The van der Waals surface area contributed by atoms with Crippen molar-refractivity contribution in [2.75, 3.05) is 19.9 Å². The lowest BCUT2D eigenvalue weighted by atomic mass is 10.2. The van der Waals surface area contributed by atoms with Crippen LogP contribution in [0.25, 0.3) is 0 Å². The first-order valence-corrected chi connectivity index (χ1v) is 6.35. The van der Waals surface area contributed by atoms with E-state index in [0.717, 1.165) is 5.57 Å². The predicted octanol–water partition coefficient (Wildman–Crippen LogP) is 3.16. The third-order valence-corrected chi connectivity index (χ3v) is 2.75. The van der Waals surface area contributed by atoms with E-state index < -0.39 is 7.60 Å². The zero-order chi connectivity index (χ0) is 11.0. The Morgan fingerprint density at radius 1 is 1.43 bits per heavy atom. The van der Waals surface area contributed by atoms with E-state index in [2.05, 4.69) is 13.2 Å². The van der Waals surface area contributed by atoms with Gasteiger partial charge in [-0.2, -0.15) is 0 Å². The molecule has 0 bridgehead atoms. The van der Waals surface area contributed by atoms with E-state index in [1.165, 1.54) is 6.66 Å². The summed E-state index contributed by atoms with van der Waals surface area (Å²) in [6, 6.07) is 0. The van der Waals surface area contributed by atoms with E-state index in [-0.39, 0.29) is 6.61 Å². The smallest absolute Gasteiger partial charge is 0.309 e. The number of hydrogen-bond acceptors (Lipinski definition) is 3. The van der Waals surface area contributed by atoms with Gasteiger partial charge in [-0.25, -0.2) is 0 Å². The molecule has 14 heavy (non-hydrogen) atoms. The molecule has 0 N–H and O–H groups in total. The Morgan fingerprint density at radius 3 is 2.50 bits per heavy atom. The van der Waals surface area contributed by atoms with Crippen LogP contribution in [0.4, 0.5) is 0 Å². The lowest BCUT2D eigenvalue weighted by molar-refractivity contribution is 0.231. The molecule has 0 spiro atoms. The molecule has 0 heterocycles. The van der Waals surface area contributed by atoms with Crippen molar-refractivity contribution in [1.82, 2.24) is 0 Å². The quantitative estimate of drug-likeness (QED) is 0.484. The van der Waals surface area contributed by atoms with Gasteiger partial charge >= 0.3 is 7.60 Å². The second-order valence-electron chi connectivity index (χ2n) is 2.64. The van der Waals surface area contributed by atoms with Gasteiger partial charge in [0.25, 0.3) is 0 Å². The van der Waals surface area contributed by atoms with Crippen molar-refractivity contribution in [3.05, 3.63) is 37.0 Å². The van der Waals surface area contributed by atoms with Gasteiger partial charge in [0.1, 0.15) is 0 Å². The predicted molar refractivity (Wildman–Crippen MR) is 59.6 cm³/mol. The number of allylic oxidation sites excluding steroid dienone is 2. The molecule has 0 aromatic rings. The molecule has 80 valence electrons. The second kappa shape index (κ2) is 6.77. The van der Waals surface area contributed by atoms with Crippen LogP contribution in [-0.4, -0.2) is 19.9 Å². The highest BCUT2D eigenvalue weighted by Gasteiger charge is 2.15. The van der Waals surface area contributed by atoms with Crippen LogP contribution < -0.4 is 0 Å². The summed E-state index contributed by atoms with van der Waals surface area (Å²) >= 11 is 0. The normalized spacial score (nSPS) is 16.0. The molecular weight excluding hydrogens is 199 g/mol. The highest BCUT2D eigenvalue weighted by molar-refractivity contribution is 7.52. The van der Waals surface area contributed by atoms with Crippen LogP contribution in [0.1, 0.15) is 6.92 Å². The number of hydrogen-bond donors (Lipinski definition) is 0. The minimum atomic E-state index is -2.91. The molecule has 0 radical (unpaired) electrons. The standard InChI is InChI=1S/C10H17O3P/c1-5-8-10(6-2)9-13-14(4,11)12-7-3/h5-6,8H,1-2,7,9H2,3-4H3/b10-8+. The van der Waals surface area contributed by atoms with Crippen LogP contribution in [0, 0.1) is 0 Å². The minimum Gasteiger partial charge on any atom is -0.309 e. The molecule has 0 aromatic carbocycles. The third kappa shape index (κ3) is 5.92. The van der Waals surface area contributed by atoms with E-state index in [1.807, 2.05) is 0 Å². The van der Waals surface area contributed by atoms with Crippen LogP contribution in [0.3, 0.4) is 0 Å². The molecule has 0 aliphatic heterocycles. The van der Waals surface area contributed by atoms with Crippen molar-refractivity contribution in [3.63, 3.8) is 0 Å². The monoisotopic (exact) mass is 216 g/mol. The van der Waals surface area contributed by atoms with Gasteiger partial charge in [0.2, 0.25) is 0 Å². The van der Waals surface area contributed by atoms with Crippen LogP contribution in [0.15, 0.2) is 37.0 Å². The molecule has 0 saturated heterocycles. The van der Waals surface area contributed by atoms with Gasteiger partial charge in [-0.05, 0) is 12.5 Å². The molecule has 1 atom stereocenters. The lowest BCUT2D eigenvalue weighted by Crippen LogP contribution is -1.97. The molecular formula is C10H17O3P. The maximum atomic E-state index is 11.5. The topological polar surface area (TPSA) is 35.5 Å². The summed E-state index contributed by atoms with van der Waals surface area (Å²) < 4.78 is 21.6. The van der Waals surface area contributed by atoms with Crippen molar-refractivity contribution >= 4 is 7.60 Å². The maximum absolute atomic E-state index is 11.5.